The Hall–Kier alpha value is -3.39. The molecule has 4 heterocycles. The predicted molar refractivity (Wildman–Crippen MR) is 128 cm³/mol. The summed E-state index contributed by atoms with van der Waals surface area (Å²) in [7, 11) is 0. The van der Waals surface area contributed by atoms with Gasteiger partial charge in [-0.05, 0) is 49.8 Å². The van der Waals surface area contributed by atoms with Gasteiger partial charge in [-0.1, -0.05) is 36.3 Å². The Morgan fingerprint density at radius 1 is 1.18 bits per heavy atom. The van der Waals surface area contributed by atoms with E-state index in [1.165, 1.54) is 16.5 Å². The number of aromatic nitrogens is 3. The van der Waals surface area contributed by atoms with E-state index in [0.29, 0.717) is 25.4 Å². The van der Waals surface area contributed by atoms with Crippen LogP contribution in [-0.2, 0) is 24.3 Å². The first-order valence-corrected chi connectivity index (χ1v) is 11.9. The van der Waals surface area contributed by atoms with Crippen molar-refractivity contribution in [3.8, 4) is 0 Å². The average molecular weight is 462 g/mol. The highest BCUT2D eigenvalue weighted by Crippen LogP contribution is 2.36. The summed E-state index contributed by atoms with van der Waals surface area (Å²) in [5.74, 6) is 1.98. The van der Waals surface area contributed by atoms with E-state index in [9.17, 15) is 4.79 Å². The molecule has 0 fully saturated rings. The molecular weight excluding hydrogens is 430 g/mol. The first-order chi connectivity index (χ1) is 16.4. The van der Waals surface area contributed by atoms with Crippen molar-refractivity contribution in [2.24, 2.45) is 5.92 Å². The lowest BCUT2D eigenvalue weighted by molar-refractivity contribution is -0.123. The lowest BCUT2D eigenvalue weighted by Crippen LogP contribution is -2.46. The zero-order chi connectivity index (χ0) is 23.8. The number of hydrogen-bond acceptors (Lipinski definition) is 6. The average Bonchev–Trinajstić information content (AvgIpc) is 3.47. The maximum atomic E-state index is 13.3. The summed E-state index contributed by atoms with van der Waals surface area (Å²) >= 11 is 0. The summed E-state index contributed by atoms with van der Waals surface area (Å²) in [5.41, 5.74) is 5.18. The third-order valence-electron chi connectivity index (χ3n) is 6.37. The molecule has 0 radical (unpaired) electrons. The van der Waals surface area contributed by atoms with Crippen LogP contribution in [0.2, 0.25) is 0 Å². The second kappa shape index (κ2) is 9.10. The lowest BCUT2D eigenvalue weighted by atomic mass is 9.94. The van der Waals surface area contributed by atoms with Gasteiger partial charge < -0.3 is 18.9 Å². The highest BCUT2D eigenvalue weighted by molar-refractivity contribution is 5.90. The quantitative estimate of drug-likeness (QED) is 0.428. The number of hydrogen-bond donors (Lipinski definition) is 2. The molecule has 2 atom stereocenters. The van der Waals surface area contributed by atoms with Crippen LogP contribution in [-0.4, -0.2) is 26.8 Å². The maximum Gasteiger partial charge on any atom is 0.237 e. The molecule has 2 N–H and O–H groups in total. The Balaban J connectivity index is 1.47. The normalized spacial score (nSPS) is 17.9. The van der Waals surface area contributed by atoms with Gasteiger partial charge in [0.1, 0.15) is 22.9 Å². The van der Waals surface area contributed by atoms with Crippen LogP contribution in [0.3, 0.4) is 0 Å². The second-order valence-corrected chi connectivity index (χ2v) is 9.70. The molecule has 0 aliphatic carbocycles. The van der Waals surface area contributed by atoms with Gasteiger partial charge in [0, 0.05) is 35.3 Å². The minimum Gasteiger partial charge on any atom is -0.361 e. The highest BCUT2D eigenvalue weighted by Gasteiger charge is 2.31. The number of benzene rings is 1. The minimum atomic E-state index is -0.350. The first kappa shape index (κ1) is 22.4. The summed E-state index contributed by atoms with van der Waals surface area (Å²) in [6.45, 7) is 9.15. The zero-order valence-corrected chi connectivity index (χ0v) is 20.1. The number of aryl methyl sites for hydroxylation is 2. The molecular formula is C26H31N5O3. The summed E-state index contributed by atoms with van der Waals surface area (Å²) in [6.07, 6.45) is 3.72. The summed E-state index contributed by atoms with van der Waals surface area (Å²) < 4.78 is 12.6. The molecule has 1 amide bonds. The Morgan fingerprint density at radius 2 is 1.91 bits per heavy atom. The van der Waals surface area contributed by atoms with E-state index in [1.54, 1.807) is 0 Å². The van der Waals surface area contributed by atoms with E-state index in [1.807, 2.05) is 26.0 Å². The smallest absolute Gasteiger partial charge is 0.237 e. The van der Waals surface area contributed by atoms with E-state index in [4.69, 9.17) is 9.05 Å². The van der Waals surface area contributed by atoms with Crippen LogP contribution in [0.15, 0.2) is 45.6 Å². The van der Waals surface area contributed by atoms with Crippen molar-refractivity contribution in [3.05, 3.63) is 70.6 Å². The molecule has 178 valence electrons. The van der Waals surface area contributed by atoms with Crippen LogP contribution in [0.4, 0.5) is 0 Å². The molecule has 0 bridgehead atoms. The standard InChI is InChI=1S/C26H31N5O3/c1-15(2)8-22-21-6-5-7-24-25(21)18(13-31(24)14-20-10-17(4)34-30-20)11-23(28-22)26(32)27-12-19-9-16(3)33-29-19/h5-7,9-10,13,15,22-23,28H,8,11-12,14H2,1-4H3,(H,27,32). The van der Waals surface area contributed by atoms with Gasteiger partial charge in [0.25, 0.3) is 0 Å². The largest absolute Gasteiger partial charge is 0.361 e. The van der Waals surface area contributed by atoms with Crippen molar-refractivity contribution in [2.45, 2.75) is 65.7 Å². The molecule has 0 saturated heterocycles. The monoisotopic (exact) mass is 461 g/mol. The molecule has 1 aromatic carbocycles. The molecule has 8 heteroatoms. The Kier molecular flexibility index (Phi) is 6.00. The number of carbonyl (C=O) groups excluding carboxylic acids is 1. The third-order valence-corrected chi connectivity index (χ3v) is 6.37. The molecule has 3 aromatic heterocycles. The fraction of sp³-hybridized carbons (Fsp3) is 0.423. The van der Waals surface area contributed by atoms with Gasteiger partial charge in [-0.3, -0.25) is 10.1 Å². The predicted octanol–water partition coefficient (Wildman–Crippen LogP) is 4.20. The third kappa shape index (κ3) is 4.50. The van der Waals surface area contributed by atoms with E-state index in [2.05, 4.69) is 63.8 Å². The van der Waals surface area contributed by atoms with Crippen LogP contribution in [0, 0.1) is 19.8 Å². The SMILES string of the molecule is Cc1cc(CNC(=O)C2Cc3cn(Cc4cc(C)on4)c4cccc(c34)C(CC(C)C)N2)no1. The number of nitrogens with one attached hydrogen (secondary N) is 2. The number of nitrogens with zero attached hydrogens (tertiary/aromatic N) is 3. The summed E-state index contributed by atoms with van der Waals surface area (Å²) in [4.78, 5) is 13.3. The van der Waals surface area contributed by atoms with Crippen molar-refractivity contribution < 1.29 is 13.8 Å². The van der Waals surface area contributed by atoms with Gasteiger partial charge in [-0.15, -0.1) is 0 Å². The molecule has 2 unspecified atom stereocenters. The fourth-order valence-electron chi connectivity index (χ4n) is 4.96. The number of carbonyl (C=O) groups is 1. The van der Waals surface area contributed by atoms with Crippen LogP contribution in [0.25, 0.3) is 10.9 Å². The molecule has 1 aliphatic rings. The summed E-state index contributed by atoms with van der Waals surface area (Å²) in [5, 5.41) is 16.1. The van der Waals surface area contributed by atoms with E-state index in [-0.39, 0.29) is 18.0 Å². The van der Waals surface area contributed by atoms with Crippen LogP contribution >= 0.6 is 0 Å². The molecule has 1 aliphatic heterocycles. The molecule has 4 aromatic rings. The van der Waals surface area contributed by atoms with Crippen molar-refractivity contribution in [3.63, 3.8) is 0 Å². The highest BCUT2D eigenvalue weighted by atomic mass is 16.5. The topological polar surface area (TPSA) is 98.1 Å². The van der Waals surface area contributed by atoms with E-state index >= 15 is 0 Å². The Labute approximate surface area is 198 Å². The molecule has 34 heavy (non-hydrogen) atoms. The first-order valence-electron chi connectivity index (χ1n) is 11.9. The van der Waals surface area contributed by atoms with Gasteiger partial charge >= 0.3 is 0 Å². The maximum absolute atomic E-state index is 13.3. The van der Waals surface area contributed by atoms with Crippen molar-refractivity contribution in [1.29, 1.82) is 0 Å². The van der Waals surface area contributed by atoms with Crippen LogP contribution in [0.5, 0.6) is 0 Å². The number of rotatable bonds is 7. The molecule has 0 saturated carbocycles. The summed E-state index contributed by atoms with van der Waals surface area (Å²) in [6, 6.07) is 9.98. The minimum absolute atomic E-state index is 0.0322. The van der Waals surface area contributed by atoms with Gasteiger partial charge in [-0.2, -0.15) is 0 Å². The Morgan fingerprint density at radius 3 is 2.59 bits per heavy atom. The lowest BCUT2D eigenvalue weighted by Gasteiger charge is -2.25. The fourth-order valence-corrected chi connectivity index (χ4v) is 4.96. The zero-order valence-electron chi connectivity index (χ0n) is 20.1. The van der Waals surface area contributed by atoms with Gasteiger partial charge in [-0.25, -0.2) is 0 Å². The second-order valence-electron chi connectivity index (χ2n) is 9.70. The van der Waals surface area contributed by atoms with Crippen molar-refractivity contribution in [1.82, 2.24) is 25.5 Å². The molecule has 5 rings (SSSR count). The Bertz CT molecular complexity index is 1320. The van der Waals surface area contributed by atoms with Crippen LogP contribution in [0.1, 0.15) is 60.3 Å². The van der Waals surface area contributed by atoms with E-state index in [0.717, 1.165) is 34.8 Å². The molecule has 0 spiro atoms. The van der Waals surface area contributed by atoms with Gasteiger partial charge in [0.15, 0.2) is 0 Å². The molecule has 8 nitrogen and oxygen atoms in total. The van der Waals surface area contributed by atoms with Gasteiger partial charge in [0.2, 0.25) is 5.91 Å². The van der Waals surface area contributed by atoms with Crippen LogP contribution < -0.4 is 10.6 Å². The van der Waals surface area contributed by atoms with Crippen molar-refractivity contribution >= 4 is 16.8 Å². The van der Waals surface area contributed by atoms with Crippen molar-refractivity contribution in [2.75, 3.05) is 0 Å². The van der Waals surface area contributed by atoms with E-state index < -0.39 is 0 Å². The van der Waals surface area contributed by atoms with Gasteiger partial charge in [0.05, 0.1) is 19.1 Å². The number of amides is 1.